The first-order chi connectivity index (χ1) is 9.61. The number of carbonyl (C=O) groups is 1. The number of aryl methyl sites for hydroxylation is 1. The number of nitrogens with zero attached hydrogens (tertiary/aromatic N) is 1. The summed E-state index contributed by atoms with van der Waals surface area (Å²) in [6.45, 7) is 1.99. The van der Waals surface area contributed by atoms with Crippen molar-refractivity contribution in [2.45, 2.75) is 19.3 Å². The molecule has 2 rings (SSSR count). The third-order valence-electron chi connectivity index (χ3n) is 3.31. The fourth-order valence-electron chi connectivity index (χ4n) is 2.16. The smallest absolute Gasteiger partial charge is 0.335 e. The highest BCUT2D eigenvalue weighted by molar-refractivity contribution is 5.89. The summed E-state index contributed by atoms with van der Waals surface area (Å²) in [5.41, 5.74) is 3.00. The molecule has 0 bridgehead atoms. The van der Waals surface area contributed by atoms with Gasteiger partial charge in [0.2, 0.25) is 0 Å². The van der Waals surface area contributed by atoms with Crippen LogP contribution >= 0.6 is 0 Å². The fourth-order valence-corrected chi connectivity index (χ4v) is 2.16. The largest absolute Gasteiger partial charge is 0.478 e. The molecule has 0 amide bonds. The molecule has 2 aromatic carbocycles. The summed E-state index contributed by atoms with van der Waals surface area (Å²) in [5.74, 6) is -1.29. The van der Waals surface area contributed by atoms with Gasteiger partial charge in [0, 0.05) is 0 Å². The maximum absolute atomic E-state index is 11.2. The van der Waals surface area contributed by atoms with Gasteiger partial charge in [-0.25, -0.2) is 4.79 Å². The lowest BCUT2D eigenvalue weighted by atomic mass is 9.90. The van der Waals surface area contributed by atoms with E-state index in [2.05, 4.69) is 6.07 Å². The maximum atomic E-state index is 11.2. The molecule has 0 spiro atoms. The molecule has 3 nitrogen and oxygen atoms in total. The van der Waals surface area contributed by atoms with Crippen molar-refractivity contribution in [3.63, 3.8) is 0 Å². The van der Waals surface area contributed by atoms with Crippen molar-refractivity contribution in [3.8, 4) is 6.07 Å². The van der Waals surface area contributed by atoms with Crippen molar-refractivity contribution in [2.24, 2.45) is 0 Å². The molecular formula is C17H15NO2. The van der Waals surface area contributed by atoms with Gasteiger partial charge in [-0.2, -0.15) is 5.26 Å². The van der Waals surface area contributed by atoms with Gasteiger partial charge in [-0.15, -0.1) is 0 Å². The van der Waals surface area contributed by atoms with Crippen molar-refractivity contribution >= 4 is 5.97 Å². The summed E-state index contributed by atoms with van der Waals surface area (Å²) in [6, 6.07) is 16.9. The molecule has 0 saturated heterocycles. The van der Waals surface area contributed by atoms with Crippen LogP contribution < -0.4 is 0 Å². The summed E-state index contributed by atoms with van der Waals surface area (Å²) >= 11 is 0. The van der Waals surface area contributed by atoms with Gasteiger partial charge in [0.05, 0.1) is 17.6 Å². The van der Waals surface area contributed by atoms with Crippen LogP contribution in [0.3, 0.4) is 0 Å². The molecule has 0 heterocycles. The van der Waals surface area contributed by atoms with E-state index < -0.39 is 5.97 Å². The van der Waals surface area contributed by atoms with E-state index in [1.165, 1.54) is 0 Å². The van der Waals surface area contributed by atoms with Crippen LogP contribution in [-0.4, -0.2) is 11.1 Å². The minimum Gasteiger partial charge on any atom is -0.478 e. The molecule has 2 aromatic rings. The minimum atomic E-state index is -0.957. The molecule has 3 heteroatoms. The molecule has 1 N–H and O–H groups in total. The van der Waals surface area contributed by atoms with Crippen molar-refractivity contribution in [1.82, 2.24) is 0 Å². The quantitative estimate of drug-likeness (QED) is 0.919. The lowest BCUT2D eigenvalue weighted by Gasteiger charge is -2.12. The van der Waals surface area contributed by atoms with Crippen molar-refractivity contribution in [2.75, 3.05) is 0 Å². The second kappa shape index (κ2) is 6.03. The van der Waals surface area contributed by atoms with E-state index in [0.717, 1.165) is 11.1 Å². The van der Waals surface area contributed by atoms with Gasteiger partial charge < -0.3 is 5.11 Å². The number of nitriles is 1. The van der Waals surface area contributed by atoms with E-state index in [1.54, 1.807) is 24.3 Å². The normalized spacial score (nSPS) is 11.6. The number of hydrogen-bond acceptors (Lipinski definition) is 2. The second-order valence-corrected chi connectivity index (χ2v) is 4.76. The molecule has 0 fully saturated rings. The standard InChI is InChI=1S/C17H15NO2/c1-12-6-8-13(9-7-12)15(11-18)10-14-4-2-3-5-16(14)17(19)20/h2-9,15H,10H2,1H3,(H,19,20)/t15-/m0/s1. The Bertz CT molecular complexity index is 653. The summed E-state index contributed by atoms with van der Waals surface area (Å²) in [5, 5.41) is 18.5. The number of carboxylic acid groups (broad SMARTS) is 1. The van der Waals surface area contributed by atoms with Gasteiger partial charge in [0.15, 0.2) is 0 Å². The van der Waals surface area contributed by atoms with E-state index in [4.69, 9.17) is 0 Å². The van der Waals surface area contributed by atoms with Crippen LogP contribution in [0.25, 0.3) is 0 Å². The Balaban J connectivity index is 2.30. The van der Waals surface area contributed by atoms with Crippen LogP contribution in [-0.2, 0) is 6.42 Å². The molecule has 0 saturated carbocycles. The zero-order valence-corrected chi connectivity index (χ0v) is 11.2. The SMILES string of the molecule is Cc1ccc([C@H](C#N)Cc2ccccc2C(=O)O)cc1. The molecule has 0 unspecified atom stereocenters. The first-order valence-electron chi connectivity index (χ1n) is 6.39. The van der Waals surface area contributed by atoms with Crippen LogP contribution in [0.2, 0.25) is 0 Å². The van der Waals surface area contributed by atoms with Gasteiger partial charge in [-0.1, -0.05) is 48.0 Å². The van der Waals surface area contributed by atoms with Crippen LogP contribution in [0, 0.1) is 18.3 Å². The van der Waals surface area contributed by atoms with Crippen molar-refractivity contribution in [3.05, 3.63) is 70.8 Å². The molecule has 20 heavy (non-hydrogen) atoms. The highest BCUT2D eigenvalue weighted by atomic mass is 16.4. The molecule has 0 aromatic heterocycles. The number of benzene rings is 2. The monoisotopic (exact) mass is 265 g/mol. The highest BCUT2D eigenvalue weighted by Crippen LogP contribution is 2.22. The number of hydrogen-bond donors (Lipinski definition) is 1. The zero-order valence-electron chi connectivity index (χ0n) is 11.2. The lowest BCUT2D eigenvalue weighted by molar-refractivity contribution is 0.0695. The molecule has 0 aliphatic carbocycles. The maximum Gasteiger partial charge on any atom is 0.335 e. The van der Waals surface area contributed by atoms with Crippen LogP contribution in [0.15, 0.2) is 48.5 Å². The van der Waals surface area contributed by atoms with Gasteiger partial charge in [-0.05, 0) is 30.5 Å². The van der Waals surface area contributed by atoms with Gasteiger partial charge in [0.25, 0.3) is 0 Å². The van der Waals surface area contributed by atoms with E-state index in [-0.39, 0.29) is 11.5 Å². The van der Waals surface area contributed by atoms with E-state index in [1.807, 2.05) is 31.2 Å². The zero-order chi connectivity index (χ0) is 14.5. The first kappa shape index (κ1) is 13.8. The van der Waals surface area contributed by atoms with Gasteiger partial charge in [-0.3, -0.25) is 0 Å². The predicted molar refractivity (Wildman–Crippen MR) is 76.6 cm³/mol. The number of rotatable bonds is 4. The summed E-state index contributed by atoms with van der Waals surface area (Å²) < 4.78 is 0. The Morgan fingerprint density at radius 1 is 1.20 bits per heavy atom. The third kappa shape index (κ3) is 3.04. The molecular weight excluding hydrogens is 250 g/mol. The van der Waals surface area contributed by atoms with Gasteiger partial charge in [0.1, 0.15) is 0 Å². The molecule has 1 atom stereocenters. The second-order valence-electron chi connectivity index (χ2n) is 4.76. The third-order valence-corrected chi connectivity index (χ3v) is 3.31. The number of carboxylic acids is 1. The van der Waals surface area contributed by atoms with Crippen molar-refractivity contribution < 1.29 is 9.90 Å². The predicted octanol–water partition coefficient (Wildman–Crippen LogP) is 3.54. The Morgan fingerprint density at radius 2 is 1.85 bits per heavy atom. The first-order valence-corrected chi connectivity index (χ1v) is 6.39. The Morgan fingerprint density at radius 3 is 2.45 bits per heavy atom. The summed E-state index contributed by atoms with van der Waals surface area (Å²) in [4.78, 5) is 11.2. The average molecular weight is 265 g/mol. The molecule has 0 radical (unpaired) electrons. The summed E-state index contributed by atoms with van der Waals surface area (Å²) in [6.07, 6.45) is 0.405. The summed E-state index contributed by atoms with van der Waals surface area (Å²) in [7, 11) is 0. The van der Waals surface area contributed by atoms with E-state index >= 15 is 0 Å². The lowest BCUT2D eigenvalue weighted by Crippen LogP contribution is -2.07. The van der Waals surface area contributed by atoms with E-state index in [0.29, 0.717) is 12.0 Å². The van der Waals surface area contributed by atoms with Crippen LogP contribution in [0.5, 0.6) is 0 Å². The van der Waals surface area contributed by atoms with E-state index in [9.17, 15) is 15.2 Å². The topological polar surface area (TPSA) is 61.1 Å². The fraction of sp³-hybridized carbons (Fsp3) is 0.176. The Kier molecular flexibility index (Phi) is 4.17. The Labute approximate surface area is 118 Å². The highest BCUT2D eigenvalue weighted by Gasteiger charge is 2.16. The minimum absolute atomic E-state index is 0.264. The van der Waals surface area contributed by atoms with Gasteiger partial charge >= 0.3 is 5.97 Å². The Hall–Kier alpha value is -2.60. The molecule has 100 valence electrons. The van der Waals surface area contributed by atoms with Crippen molar-refractivity contribution in [1.29, 1.82) is 5.26 Å². The molecule has 0 aliphatic rings. The number of aromatic carboxylic acids is 1. The molecule has 0 aliphatic heterocycles. The average Bonchev–Trinajstić information content (AvgIpc) is 2.46. The van der Waals surface area contributed by atoms with Crippen LogP contribution in [0.1, 0.15) is 33.0 Å². The van der Waals surface area contributed by atoms with Crippen LogP contribution in [0.4, 0.5) is 0 Å².